The van der Waals surface area contributed by atoms with Crippen molar-refractivity contribution < 1.29 is 9.53 Å². The van der Waals surface area contributed by atoms with E-state index in [1.807, 2.05) is 48.5 Å². The molecule has 1 saturated heterocycles. The number of amides is 1. The Bertz CT molecular complexity index is 729. The predicted molar refractivity (Wildman–Crippen MR) is 100 cm³/mol. The molecule has 2 N–H and O–H groups in total. The molecule has 25 heavy (non-hydrogen) atoms. The van der Waals surface area contributed by atoms with Crippen LogP contribution in [-0.4, -0.2) is 26.1 Å². The fraction of sp³-hybridized carbons (Fsp3) is 0.350. The number of ether oxygens (including phenoxy) is 1. The number of piperidine rings is 1. The lowest BCUT2D eigenvalue weighted by atomic mass is 9.95. The quantitative estimate of drug-likeness (QED) is 0.859. The lowest BCUT2D eigenvalue weighted by molar-refractivity contribution is -0.126. The summed E-state index contributed by atoms with van der Waals surface area (Å²) in [6.07, 6.45) is 1.93. The second-order valence-corrected chi connectivity index (χ2v) is 6.69. The number of nitrogens with one attached hydrogen (secondary N) is 2. The minimum absolute atomic E-state index is 0.00987. The molecule has 2 unspecified atom stereocenters. The maximum atomic E-state index is 12.8. The average molecular weight is 359 g/mol. The van der Waals surface area contributed by atoms with Crippen LogP contribution >= 0.6 is 11.6 Å². The lowest BCUT2D eigenvalue weighted by Gasteiger charge is -2.26. The molecule has 0 saturated carbocycles. The number of benzene rings is 2. The summed E-state index contributed by atoms with van der Waals surface area (Å²) in [5.74, 6) is 0.799. The van der Waals surface area contributed by atoms with Crippen molar-refractivity contribution in [3.63, 3.8) is 0 Å². The van der Waals surface area contributed by atoms with Crippen LogP contribution in [0.5, 0.6) is 5.75 Å². The number of hydrogen-bond donors (Lipinski definition) is 2. The average Bonchev–Trinajstić information content (AvgIpc) is 2.67. The fourth-order valence-corrected chi connectivity index (χ4v) is 3.45. The van der Waals surface area contributed by atoms with Gasteiger partial charge in [-0.2, -0.15) is 0 Å². The summed E-state index contributed by atoms with van der Waals surface area (Å²) in [4.78, 5) is 12.8. The van der Waals surface area contributed by atoms with Gasteiger partial charge in [-0.25, -0.2) is 0 Å². The van der Waals surface area contributed by atoms with E-state index in [0.29, 0.717) is 5.02 Å². The summed E-state index contributed by atoms with van der Waals surface area (Å²) in [6, 6.07) is 15.0. The number of methoxy groups -OCH3 is 1. The van der Waals surface area contributed by atoms with Crippen molar-refractivity contribution in [2.45, 2.75) is 18.9 Å². The van der Waals surface area contributed by atoms with Crippen LogP contribution in [0.4, 0.5) is 0 Å². The third-order valence-corrected chi connectivity index (χ3v) is 4.94. The molecule has 2 aromatic rings. The summed E-state index contributed by atoms with van der Waals surface area (Å²) in [5, 5.41) is 7.12. The fourth-order valence-electron chi connectivity index (χ4n) is 3.21. The topological polar surface area (TPSA) is 50.4 Å². The highest BCUT2D eigenvalue weighted by Gasteiger charge is 2.26. The lowest BCUT2D eigenvalue weighted by Crippen LogP contribution is -2.42. The first kappa shape index (κ1) is 17.8. The molecule has 5 heteroatoms. The van der Waals surface area contributed by atoms with E-state index in [-0.39, 0.29) is 17.9 Å². The Hall–Kier alpha value is -2.04. The molecule has 4 nitrogen and oxygen atoms in total. The van der Waals surface area contributed by atoms with Crippen molar-refractivity contribution >= 4 is 17.5 Å². The molecular weight excluding hydrogens is 336 g/mol. The molecule has 1 heterocycles. The molecule has 1 fully saturated rings. The molecule has 0 aliphatic carbocycles. The first-order chi connectivity index (χ1) is 12.2. The highest BCUT2D eigenvalue weighted by Crippen LogP contribution is 2.30. The Morgan fingerprint density at radius 3 is 2.84 bits per heavy atom. The molecule has 1 amide bonds. The van der Waals surface area contributed by atoms with Gasteiger partial charge in [0.2, 0.25) is 5.91 Å². The Morgan fingerprint density at radius 1 is 1.28 bits per heavy atom. The predicted octanol–water partition coefficient (Wildman–Crippen LogP) is 3.55. The number of halogens is 1. The van der Waals surface area contributed by atoms with Gasteiger partial charge in [0.05, 0.1) is 19.1 Å². The highest BCUT2D eigenvalue weighted by molar-refractivity contribution is 6.31. The first-order valence-corrected chi connectivity index (χ1v) is 8.96. The van der Waals surface area contributed by atoms with Crippen molar-refractivity contribution in [1.29, 1.82) is 0 Å². The molecule has 0 spiro atoms. The molecule has 0 bridgehead atoms. The van der Waals surface area contributed by atoms with Gasteiger partial charge in [-0.1, -0.05) is 41.9 Å². The third-order valence-electron chi connectivity index (χ3n) is 4.60. The van der Waals surface area contributed by atoms with Crippen LogP contribution in [0.1, 0.15) is 30.0 Å². The largest absolute Gasteiger partial charge is 0.497 e. The Labute approximate surface area is 153 Å². The summed E-state index contributed by atoms with van der Waals surface area (Å²) < 4.78 is 5.34. The monoisotopic (exact) mass is 358 g/mol. The smallest absolute Gasteiger partial charge is 0.225 e. The van der Waals surface area contributed by atoms with Crippen molar-refractivity contribution in [2.75, 3.05) is 20.2 Å². The van der Waals surface area contributed by atoms with Crippen LogP contribution in [0.25, 0.3) is 0 Å². The van der Waals surface area contributed by atoms with E-state index in [1.165, 1.54) is 0 Å². The van der Waals surface area contributed by atoms with Gasteiger partial charge in [0.25, 0.3) is 0 Å². The van der Waals surface area contributed by atoms with Crippen LogP contribution in [0.3, 0.4) is 0 Å². The van der Waals surface area contributed by atoms with Gasteiger partial charge in [-0.3, -0.25) is 4.79 Å². The summed E-state index contributed by atoms with van der Waals surface area (Å²) >= 11 is 6.42. The number of carbonyl (C=O) groups is 1. The molecule has 0 aromatic heterocycles. The van der Waals surface area contributed by atoms with Crippen molar-refractivity contribution in [2.24, 2.45) is 5.92 Å². The maximum absolute atomic E-state index is 12.8. The van der Waals surface area contributed by atoms with Gasteiger partial charge < -0.3 is 15.4 Å². The molecule has 2 aromatic carbocycles. The van der Waals surface area contributed by atoms with Gasteiger partial charge in [0.15, 0.2) is 0 Å². The molecule has 1 aliphatic heterocycles. The molecule has 1 aliphatic rings. The highest BCUT2D eigenvalue weighted by atomic mass is 35.5. The van der Waals surface area contributed by atoms with Crippen LogP contribution in [0.15, 0.2) is 48.5 Å². The number of hydrogen-bond acceptors (Lipinski definition) is 3. The van der Waals surface area contributed by atoms with E-state index in [0.717, 1.165) is 42.8 Å². The summed E-state index contributed by atoms with van der Waals surface area (Å²) in [5.41, 5.74) is 1.83. The third kappa shape index (κ3) is 4.33. The summed E-state index contributed by atoms with van der Waals surface area (Å²) in [6.45, 7) is 1.70. The van der Waals surface area contributed by atoms with Crippen LogP contribution in [-0.2, 0) is 4.79 Å². The van der Waals surface area contributed by atoms with Gasteiger partial charge in [-0.05, 0) is 48.7 Å². The Morgan fingerprint density at radius 2 is 2.12 bits per heavy atom. The van der Waals surface area contributed by atoms with Crippen molar-refractivity contribution in [3.8, 4) is 5.75 Å². The van der Waals surface area contributed by atoms with Gasteiger partial charge in [-0.15, -0.1) is 0 Å². The van der Waals surface area contributed by atoms with E-state index in [2.05, 4.69) is 10.6 Å². The van der Waals surface area contributed by atoms with Crippen molar-refractivity contribution in [3.05, 3.63) is 64.7 Å². The Kier molecular flexibility index (Phi) is 5.95. The maximum Gasteiger partial charge on any atom is 0.225 e. The number of rotatable bonds is 5. The molecule has 132 valence electrons. The van der Waals surface area contributed by atoms with Crippen LogP contribution in [0, 0.1) is 5.92 Å². The molecule has 3 rings (SSSR count). The van der Waals surface area contributed by atoms with Gasteiger partial charge in [0, 0.05) is 11.6 Å². The SMILES string of the molecule is COc1cccc(C(NC(=O)C2CCCNC2)c2ccccc2Cl)c1. The van der Waals surface area contributed by atoms with E-state index < -0.39 is 0 Å². The number of carbonyl (C=O) groups excluding carboxylic acids is 1. The van der Waals surface area contributed by atoms with Gasteiger partial charge >= 0.3 is 0 Å². The standard InChI is InChI=1S/C20H23ClN2O2/c1-25-16-8-4-6-14(12-16)19(17-9-2-3-10-18(17)21)23-20(24)15-7-5-11-22-13-15/h2-4,6,8-10,12,15,19,22H,5,7,11,13H2,1H3,(H,23,24). The summed E-state index contributed by atoms with van der Waals surface area (Å²) in [7, 11) is 1.63. The van der Waals surface area contributed by atoms with E-state index >= 15 is 0 Å². The minimum Gasteiger partial charge on any atom is -0.497 e. The normalized spacial score (nSPS) is 18.4. The molecular formula is C20H23ClN2O2. The molecule has 2 atom stereocenters. The minimum atomic E-state index is -0.307. The van der Waals surface area contributed by atoms with Gasteiger partial charge in [0.1, 0.15) is 5.75 Å². The second-order valence-electron chi connectivity index (χ2n) is 6.28. The second kappa shape index (κ2) is 8.37. The van der Waals surface area contributed by atoms with E-state index in [4.69, 9.17) is 16.3 Å². The zero-order valence-corrected chi connectivity index (χ0v) is 15.1. The van der Waals surface area contributed by atoms with E-state index in [9.17, 15) is 4.79 Å². The molecule has 0 radical (unpaired) electrons. The van der Waals surface area contributed by atoms with Crippen LogP contribution in [0.2, 0.25) is 5.02 Å². The van der Waals surface area contributed by atoms with Crippen molar-refractivity contribution in [1.82, 2.24) is 10.6 Å². The van der Waals surface area contributed by atoms with Crippen LogP contribution < -0.4 is 15.4 Å². The Balaban J connectivity index is 1.91. The zero-order chi connectivity index (χ0) is 17.6. The van der Waals surface area contributed by atoms with E-state index in [1.54, 1.807) is 7.11 Å². The zero-order valence-electron chi connectivity index (χ0n) is 14.3. The first-order valence-electron chi connectivity index (χ1n) is 8.58.